The number of alkyl halides is 2. The zero-order valence-corrected chi connectivity index (χ0v) is 12.1. The number of nitrogens with zero attached hydrogens (tertiary/aromatic N) is 1. The lowest BCUT2D eigenvalue weighted by Crippen LogP contribution is -2.42. The molecule has 1 amide bonds. The van der Waals surface area contributed by atoms with Crippen LogP contribution in [-0.4, -0.2) is 47.6 Å². The Morgan fingerprint density at radius 2 is 2.40 bits per heavy atom. The fraction of sp³-hybridized carbons (Fsp3) is 0.615. The molecule has 0 aromatic carbocycles. The summed E-state index contributed by atoms with van der Waals surface area (Å²) in [6, 6.07) is 1.98. The smallest absolute Gasteiger partial charge is 0.268 e. The van der Waals surface area contributed by atoms with Crippen molar-refractivity contribution >= 4 is 17.2 Å². The third-order valence-corrected chi connectivity index (χ3v) is 4.57. The molecule has 0 radical (unpaired) electrons. The highest BCUT2D eigenvalue weighted by Gasteiger charge is 2.44. The first-order chi connectivity index (χ1) is 9.40. The molecule has 0 spiro atoms. The summed E-state index contributed by atoms with van der Waals surface area (Å²) in [5, 5.41) is 14.4. The number of carbonyl (C=O) groups is 1. The summed E-state index contributed by atoms with van der Waals surface area (Å²) in [4.78, 5) is 14.4. The Morgan fingerprint density at radius 3 is 2.95 bits per heavy atom. The van der Waals surface area contributed by atoms with Crippen molar-refractivity contribution in [1.29, 1.82) is 0 Å². The minimum atomic E-state index is -2.77. The van der Waals surface area contributed by atoms with Crippen LogP contribution >= 0.6 is 11.3 Å². The molecule has 2 rings (SSSR count). The molecule has 7 heteroatoms. The Hall–Kier alpha value is -1.05. The quantitative estimate of drug-likeness (QED) is 0.864. The lowest BCUT2D eigenvalue weighted by molar-refractivity contribution is -0.123. The van der Waals surface area contributed by atoms with Crippen LogP contribution in [-0.2, 0) is 11.3 Å². The lowest BCUT2D eigenvalue weighted by atomic mass is 10.1. The van der Waals surface area contributed by atoms with Crippen LogP contribution in [0.25, 0.3) is 0 Å². The average molecular weight is 304 g/mol. The molecule has 0 aliphatic carbocycles. The van der Waals surface area contributed by atoms with Crippen molar-refractivity contribution in [2.45, 2.75) is 31.9 Å². The number of hydrogen-bond acceptors (Lipinski definition) is 4. The van der Waals surface area contributed by atoms with E-state index in [9.17, 15) is 18.7 Å². The Morgan fingerprint density at radius 1 is 1.65 bits per heavy atom. The number of thiophene rings is 1. The van der Waals surface area contributed by atoms with Crippen LogP contribution in [0.5, 0.6) is 0 Å². The number of amides is 1. The van der Waals surface area contributed by atoms with Gasteiger partial charge >= 0.3 is 0 Å². The van der Waals surface area contributed by atoms with E-state index in [0.29, 0.717) is 13.1 Å². The minimum Gasteiger partial charge on any atom is -0.383 e. The summed E-state index contributed by atoms with van der Waals surface area (Å²) >= 11 is 1.57. The summed E-state index contributed by atoms with van der Waals surface area (Å²) in [5.41, 5.74) is -0.839. The number of halogens is 2. The normalized spacial score (nSPS) is 23.4. The topological polar surface area (TPSA) is 52.6 Å². The molecule has 2 heterocycles. The van der Waals surface area contributed by atoms with Crippen LogP contribution in [0.3, 0.4) is 0 Å². The molecule has 20 heavy (non-hydrogen) atoms. The first-order valence-electron chi connectivity index (χ1n) is 6.43. The molecule has 1 aromatic rings. The van der Waals surface area contributed by atoms with Crippen molar-refractivity contribution in [2.75, 3.05) is 19.6 Å². The van der Waals surface area contributed by atoms with E-state index in [1.807, 2.05) is 18.4 Å². The summed E-state index contributed by atoms with van der Waals surface area (Å²) in [6.45, 7) is 2.62. The van der Waals surface area contributed by atoms with Crippen molar-refractivity contribution in [3.63, 3.8) is 0 Å². The van der Waals surface area contributed by atoms with Gasteiger partial charge in [-0.15, -0.1) is 11.3 Å². The number of likely N-dealkylation sites (tertiary alicyclic amines) is 1. The maximum absolute atomic E-state index is 12.6. The Balaban J connectivity index is 1.77. The number of aliphatic hydroxyl groups is 1. The molecule has 1 atom stereocenters. The van der Waals surface area contributed by atoms with Gasteiger partial charge in [-0.2, -0.15) is 0 Å². The molecule has 4 nitrogen and oxygen atoms in total. The summed E-state index contributed by atoms with van der Waals surface area (Å²) in [7, 11) is 0. The zero-order valence-electron chi connectivity index (χ0n) is 11.2. The van der Waals surface area contributed by atoms with Crippen molar-refractivity contribution in [3.05, 3.63) is 21.9 Å². The second-order valence-corrected chi connectivity index (χ2v) is 6.17. The molecule has 2 N–H and O–H groups in total. The van der Waals surface area contributed by atoms with E-state index in [-0.39, 0.29) is 25.4 Å². The monoisotopic (exact) mass is 304 g/mol. The summed E-state index contributed by atoms with van der Waals surface area (Å²) in [6.07, 6.45) is -2.77. The number of aryl methyl sites for hydroxylation is 1. The first-order valence-corrected chi connectivity index (χ1v) is 7.31. The highest BCUT2D eigenvalue weighted by atomic mass is 32.1. The molecule has 0 saturated carbocycles. The van der Waals surface area contributed by atoms with Gasteiger partial charge in [0.05, 0.1) is 13.1 Å². The Bertz CT molecular complexity index is 481. The van der Waals surface area contributed by atoms with E-state index in [1.54, 1.807) is 16.2 Å². The van der Waals surface area contributed by atoms with Crippen LogP contribution < -0.4 is 5.32 Å². The van der Waals surface area contributed by atoms with Gasteiger partial charge in [0.1, 0.15) is 5.60 Å². The standard InChI is InChI=1S/C13H18F2N2O2S/c1-9-2-5-20-10(9)6-16-11(18)7-17-4-3-13(19,8-17)12(14)15/h2,5,12,19H,3-4,6-8H2,1H3,(H,16,18). The van der Waals surface area contributed by atoms with Gasteiger partial charge in [0.15, 0.2) is 0 Å². The fourth-order valence-electron chi connectivity index (χ4n) is 2.23. The van der Waals surface area contributed by atoms with Crippen molar-refractivity contribution < 1.29 is 18.7 Å². The number of nitrogens with one attached hydrogen (secondary N) is 1. The van der Waals surface area contributed by atoms with Gasteiger partial charge in [-0.1, -0.05) is 0 Å². The van der Waals surface area contributed by atoms with E-state index in [2.05, 4.69) is 5.32 Å². The second-order valence-electron chi connectivity index (χ2n) is 5.17. The highest BCUT2D eigenvalue weighted by molar-refractivity contribution is 7.10. The summed E-state index contributed by atoms with van der Waals surface area (Å²) < 4.78 is 25.3. The van der Waals surface area contributed by atoms with Crippen LogP contribution in [0.1, 0.15) is 16.9 Å². The molecular weight excluding hydrogens is 286 g/mol. The molecule has 1 aromatic heterocycles. The van der Waals surface area contributed by atoms with Gasteiger partial charge in [0, 0.05) is 18.0 Å². The fourth-order valence-corrected chi connectivity index (χ4v) is 3.08. The first kappa shape index (κ1) is 15.3. The maximum atomic E-state index is 12.6. The lowest BCUT2D eigenvalue weighted by Gasteiger charge is -2.22. The molecule has 0 bridgehead atoms. The number of β-amino-alcohol motifs (C(OH)–C–C–N with tert-alkyl or cyclic N) is 1. The molecular formula is C13H18F2N2O2S. The molecule has 112 valence electrons. The van der Waals surface area contributed by atoms with E-state index in [4.69, 9.17) is 0 Å². The molecule has 1 aliphatic heterocycles. The van der Waals surface area contributed by atoms with Crippen LogP contribution in [0.4, 0.5) is 8.78 Å². The van der Waals surface area contributed by atoms with Crippen molar-refractivity contribution in [1.82, 2.24) is 10.2 Å². The third-order valence-electron chi connectivity index (χ3n) is 3.55. The van der Waals surface area contributed by atoms with Crippen LogP contribution in [0.15, 0.2) is 11.4 Å². The molecule has 1 aliphatic rings. The second kappa shape index (κ2) is 6.15. The molecule has 1 saturated heterocycles. The predicted molar refractivity (Wildman–Crippen MR) is 72.9 cm³/mol. The highest BCUT2D eigenvalue weighted by Crippen LogP contribution is 2.27. The van der Waals surface area contributed by atoms with Gasteiger partial charge in [-0.3, -0.25) is 9.69 Å². The van der Waals surface area contributed by atoms with Gasteiger partial charge in [-0.05, 0) is 30.4 Å². The van der Waals surface area contributed by atoms with Crippen LogP contribution in [0.2, 0.25) is 0 Å². The Kier molecular flexibility index (Phi) is 4.72. The zero-order chi connectivity index (χ0) is 14.8. The van der Waals surface area contributed by atoms with Gasteiger partial charge in [0.2, 0.25) is 5.91 Å². The van der Waals surface area contributed by atoms with Gasteiger partial charge in [0.25, 0.3) is 6.43 Å². The van der Waals surface area contributed by atoms with Crippen molar-refractivity contribution in [3.8, 4) is 0 Å². The van der Waals surface area contributed by atoms with Crippen molar-refractivity contribution in [2.24, 2.45) is 0 Å². The number of rotatable bonds is 5. The SMILES string of the molecule is Cc1ccsc1CNC(=O)CN1CCC(O)(C(F)F)C1. The largest absolute Gasteiger partial charge is 0.383 e. The number of carbonyl (C=O) groups excluding carboxylic acids is 1. The van der Waals surface area contributed by atoms with Crippen LogP contribution in [0, 0.1) is 6.92 Å². The summed E-state index contributed by atoms with van der Waals surface area (Å²) in [5.74, 6) is -0.212. The number of hydrogen-bond donors (Lipinski definition) is 2. The minimum absolute atomic E-state index is 0.00196. The molecule has 1 unspecified atom stereocenters. The molecule has 1 fully saturated rings. The Labute approximate surface area is 120 Å². The van der Waals surface area contributed by atoms with E-state index < -0.39 is 12.0 Å². The van der Waals surface area contributed by atoms with Gasteiger partial charge in [-0.25, -0.2) is 8.78 Å². The van der Waals surface area contributed by atoms with E-state index in [0.717, 1.165) is 10.4 Å². The predicted octanol–water partition coefficient (Wildman–Crippen LogP) is 1.37. The van der Waals surface area contributed by atoms with E-state index >= 15 is 0 Å². The van der Waals surface area contributed by atoms with E-state index in [1.165, 1.54) is 0 Å². The third kappa shape index (κ3) is 3.53. The average Bonchev–Trinajstić information content (AvgIpc) is 2.94. The van der Waals surface area contributed by atoms with Gasteiger partial charge < -0.3 is 10.4 Å². The maximum Gasteiger partial charge on any atom is 0.268 e.